The fraction of sp³-hybridized carbons (Fsp3) is 0.273. The zero-order valence-electron chi connectivity index (χ0n) is 10.8. The van der Waals surface area contributed by atoms with Crippen molar-refractivity contribution in [3.63, 3.8) is 0 Å². The van der Waals surface area contributed by atoms with Crippen LogP contribution in [0.15, 0.2) is 32.3 Å². The van der Waals surface area contributed by atoms with Crippen LogP contribution < -0.4 is 10.0 Å². The number of nitrogens with zero attached hydrogens (tertiary/aromatic N) is 1. The number of amides is 1. The first-order valence-corrected chi connectivity index (χ1v) is 8.05. The van der Waals surface area contributed by atoms with Gasteiger partial charge in [-0.25, -0.2) is 8.42 Å². The Hall–Kier alpha value is -1.71. The molecule has 2 N–H and O–H groups in total. The maximum absolute atomic E-state index is 11.9. The quantitative estimate of drug-likeness (QED) is 0.867. The van der Waals surface area contributed by atoms with Gasteiger partial charge >= 0.3 is 0 Å². The molecule has 0 saturated carbocycles. The molecule has 0 unspecified atom stereocenters. The Kier molecular flexibility index (Phi) is 4.21. The molecule has 1 atom stereocenters. The Bertz CT molecular complexity index is 691. The van der Waals surface area contributed by atoms with Gasteiger partial charge in [-0.2, -0.15) is 4.72 Å². The predicted molar refractivity (Wildman–Crippen MR) is 74.0 cm³/mol. The number of nitrogens with one attached hydrogen (secondary N) is 2. The van der Waals surface area contributed by atoms with Crippen LogP contribution in [-0.4, -0.2) is 25.5 Å². The van der Waals surface area contributed by atoms with E-state index in [9.17, 15) is 13.2 Å². The lowest BCUT2D eigenvalue weighted by atomic mass is 10.3. The van der Waals surface area contributed by atoms with Crippen molar-refractivity contribution < 1.29 is 17.7 Å². The van der Waals surface area contributed by atoms with Crippen molar-refractivity contribution in [1.29, 1.82) is 0 Å². The highest BCUT2D eigenvalue weighted by Crippen LogP contribution is 2.16. The number of aromatic nitrogens is 1. The molecular formula is C11H13N3O4S2. The second kappa shape index (κ2) is 5.73. The highest BCUT2D eigenvalue weighted by molar-refractivity contribution is 7.91. The van der Waals surface area contributed by atoms with Crippen molar-refractivity contribution in [3.8, 4) is 0 Å². The number of carbonyl (C=O) groups is 1. The third-order valence-corrected chi connectivity index (χ3v) is 5.30. The number of sulfonamides is 1. The van der Waals surface area contributed by atoms with Crippen LogP contribution in [0, 0.1) is 6.92 Å². The summed E-state index contributed by atoms with van der Waals surface area (Å²) in [6.07, 6.45) is 0. The van der Waals surface area contributed by atoms with Gasteiger partial charge in [-0.3, -0.25) is 4.79 Å². The fourth-order valence-corrected chi connectivity index (χ4v) is 3.63. The molecule has 0 fully saturated rings. The molecule has 0 aliphatic carbocycles. The number of aryl methyl sites for hydroxylation is 1. The lowest BCUT2D eigenvalue weighted by Crippen LogP contribution is -2.41. The predicted octanol–water partition coefficient (Wildman–Crippen LogP) is 1.35. The van der Waals surface area contributed by atoms with Crippen LogP contribution in [0.5, 0.6) is 0 Å². The Morgan fingerprint density at radius 3 is 2.80 bits per heavy atom. The molecule has 2 aromatic rings. The Morgan fingerprint density at radius 2 is 2.25 bits per heavy atom. The van der Waals surface area contributed by atoms with Gasteiger partial charge in [0.05, 0.1) is 6.04 Å². The van der Waals surface area contributed by atoms with Gasteiger partial charge in [0.15, 0.2) is 5.82 Å². The second-order valence-corrected chi connectivity index (χ2v) is 6.98. The molecule has 0 saturated heterocycles. The summed E-state index contributed by atoms with van der Waals surface area (Å²) in [6, 6.07) is 3.71. The smallest absolute Gasteiger partial charge is 0.250 e. The molecule has 7 nitrogen and oxygen atoms in total. The molecule has 0 aliphatic rings. The summed E-state index contributed by atoms with van der Waals surface area (Å²) in [5, 5.41) is 7.72. The SMILES string of the molecule is Cc1cc(NC(=O)[C@@H](C)NS(=O)(=O)c2cccs2)no1. The summed E-state index contributed by atoms with van der Waals surface area (Å²) in [5.74, 6) is 0.278. The number of rotatable bonds is 5. The Morgan fingerprint density at radius 1 is 1.50 bits per heavy atom. The normalized spacial score (nSPS) is 13.1. The van der Waals surface area contributed by atoms with E-state index in [0.717, 1.165) is 11.3 Å². The number of thiophene rings is 1. The topological polar surface area (TPSA) is 101 Å². The zero-order valence-corrected chi connectivity index (χ0v) is 12.4. The first-order valence-electron chi connectivity index (χ1n) is 5.68. The minimum Gasteiger partial charge on any atom is -0.360 e. The van der Waals surface area contributed by atoms with Gasteiger partial charge in [0.2, 0.25) is 5.91 Å². The van der Waals surface area contributed by atoms with Gasteiger partial charge in [-0.15, -0.1) is 11.3 Å². The minimum absolute atomic E-state index is 0.162. The molecule has 108 valence electrons. The van der Waals surface area contributed by atoms with E-state index in [1.807, 2.05) is 0 Å². The van der Waals surface area contributed by atoms with Gasteiger partial charge in [-0.1, -0.05) is 11.2 Å². The van der Waals surface area contributed by atoms with Crippen LogP contribution in [0.25, 0.3) is 0 Å². The largest absolute Gasteiger partial charge is 0.360 e. The van der Waals surface area contributed by atoms with E-state index in [0.29, 0.717) is 5.76 Å². The van der Waals surface area contributed by atoms with Crippen LogP contribution >= 0.6 is 11.3 Å². The number of hydrogen-bond acceptors (Lipinski definition) is 6. The van der Waals surface area contributed by atoms with Gasteiger partial charge in [-0.05, 0) is 25.3 Å². The molecular weight excluding hydrogens is 302 g/mol. The third kappa shape index (κ3) is 3.44. The molecule has 2 aromatic heterocycles. The first kappa shape index (κ1) is 14.7. The molecule has 1 amide bonds. The van der Waals surface area contributed by atoms with Crippen molar-refractivity contribution >= 4 is 33.1 Å². The number of anilines is 1. The van der Waals surface area contributed by atoms with E-state index in [2.05, 4.69) is 15.2 Å². The van der Waals surface area contributed by atoms with E-state index < -0.39 is 22.0 Å². The van der Waals surface area contributed by atoms with E-state index in [1.54, 1.807) is 24.4 Å². The molecule has 20 heavy (non-hydrogen) atoms. The van der Waals surface area contributed by atoms with Gasteiger partial charge in [0.25, 0.3) is 10.0 Å². The molecule has 0 radical (unpaired) electrons. The standard InChI is InChI=1S/C11H13N3O4S2/c1-7-6-9(13-18-7)12-11(15)8(2)14-20(16,17)10-4-3-5-19-10/h3-6,8,14H,1-2H3,(H,12,13,15)/t8-/m1/s1. The van der Waals surface area contributed by atoms with Crippen molar-refractivity contribution in [2.24, 2.45) is 0 Å². The van der Waals surface area contributed by atoms with Gasteiger partial charge in [0, 0.05) is 6.07 Å². The van der Waals surface area contributed by atoms with Crippen molar-refractivity contribution in [1.82, 2.24) is 9.88 Å². The number of carbonyl (C=O) groups excluding carboxylic acids is 1. The summed E-state index contributed by atoms with van der Waals surface area (Å²) >= 11 is 1.08. The zero-order chi connectivity index (χ0) is 14.8. The van der Waals surface area contributed by atoms with E-state index in [4.69, 9.17) is 4.52 Å². The van der Waals surface area contributed by atoms with Crippen LogP contribution in [0.1, 0.15) is 12.7 Å². The molecule has 0 spiro atoms. The van der Waals surface area contributed by atoms with Crippen molar-refractivity contribution in [3.05, 3.63) is 29.3 Å². The number of hydrogen-bond donors (Lipinski definition) is 2. The van der Waals surface area contributed by atoms with E-state index in [-0.39, 0.29) is 10.0 Å². The van der Waals surface area contributed by atoms with Crippen LogP contribution in [-0.2, 0) is 14.8 Å². The summed E-state index contributed by atoms with van der Waals surface area (Å²) in [5.41, 5.74) is 0. The van der Waals surface area contributed by atoms with Gasteiger partial charge in [0.1, 0.15) is 9.97 Å². The summed E-state index contributed by atoms with van der Waals surface area (Å²) in [7, 11) is -3.68. The lowest BCUT2D eigenvalue weighted by Gasteiger charge is -2.12. The van der Waals surface area contributed by atoms with E-state index >= 15 is 0 Å². The summed E-state index contributed by atoms with van der Waals surface area (Å²) in [6.45, 7) is 3.14. The first-order chi connectivity index (χ1) is 9.38. The lowest BCUT2D eigenvalue weighted by molar-refractivity contribution is -0.117. The summed E-state index contributed by atoms with van der Waals surface area (Å²) < 4.78 is 31.2. The maximum Gasteiger partial charge on any atom is 0.250 e. The molecule has 0 aromatic carbocycles. The van der Waals surface area contributed by atoms with Gasteiger partial charge < -0.3 is 9.84 Å². The molecule has 2 heterocycles. The molecule has 0 aliphatic heterocycles. The summed E-state index contributed by atoms with van der Waals surface area (Å²) in [4.78, 5) is 11.9. The highest BCUT2D eigenvalue weighted by atomic mass is 32.2. The average Bonchev–Trinajstić information content (AvgIpc) is 3.00. The van der Waals surface area contributed by atoms with Crippen LogP contribution in [0.4, 0.5) is 5.82 Å². The third-order valence-electron chi connectivity index (χ3n) is 2.36. The molecule has 0 bridgehead atoms. The minimum atomic E-state index is -3.68. The van der Waals surface area contributed by atoms with Crippen LogP contribution in [0.3, 0.4) is 0 Å². The second-order valence-electron chi connectivity index (χ2n) is 4.09. The van der Waals surface area contributed by atoms with Crippen molar-refractivity contribution in [2.75, 3.05) is 5.32 Å². The van der Waals surface area contributed by atoms with Crippen LogP contribution in [0.2, 0.25) is 0 Å². The monoisotopic (exact) mass is 315 g/mol. The Balaban J connectivity index is 2.01. The molecule has 9 heteroatoms. The molecule has 2 rings (SSSR count). The van der Waals surface area contributed by atoms with E-state index in [1.165, 1.54) is 13.0 Å². The fourth-order valence-electron chi connectivity index (χ4n) is 1.42. The maximum atomic E-state index is 11.9. The highest BCUT2D eigenvalue weighted by Gasteiger charge is 2.23. The average molecular weight is 315 g/mol. The Labute approximate surface area is 120 Å². The van der Waals surface area contributed by atoms with Crippen molar-refractivity contribution in [2.45, 2.75) is 24.1 Å².